The third-order valence-electron chi connectivity index (χ3n) is 1.89. The van der Waals surface area contributed by atoms with Gasteiger partial charge in [0.25, 0.3) is 0 Å². The zero-order chi connectivity index (χ0) is 9.19. The topological polar surface area (TPSA) is 12.9 Å². The third-order valence-corrected chi connectivity index (χ3v) is 1.89. The molecule has 0 aliphatic rings. The maximum absolute atomic E-state index is 5.40. The van der Waals surface area contributed by atoms with Gasteiger partial charge in [0.15, 0.2) is 0 Å². The lowest BCUT2D eigenvalue weighted by molar-refractivity contribution is 0.667. The van der Waals surface area contributed by atoms with Gasteiger partial charge in [0.2, 0.25) is 0 Å². The first-order valence-corrected chi connectivity index (χ1v) is 3.98. The molecule has 0 aliphatic carbocycles. The van der Waals surface area contributed by atoms with Crippen molar-refractivity contribution in [3.05, 3.63) is 29.6 Å². The number of terminal acetylenes is 1. The second kappa shape index (κ2) is 2.98. The fourth-order valence-corrected chi connectivity index (χ4v) is 0.965. The first-order valence-electron chi connectivity index (χ1n) is 3.98. The Morgan fingerprint density at radius 2 is 2.08 bits per heavy atom. The predicted molar refractivity (Wildman–Crippen MR) is 50.8 cm³/mol. The summed E-state index contributed by atoms with van der Waals surface area (Å²) in [7, 11) is 0. The van der Waals surface area contributed by atoms with E-state index in [0.29, 0.717) is 0 Å². The van der Waals surface area contributed by atoms with Crippen molar-refractivity contribution in [3.8, 4) is 12.3 Å². The molecule has 0 spiro atoms. The molecule has 0 saturated carbocycles. The highest BCUT2D eigenvalue weighted by molar-refractivity contribution is 5.26. The van der Waals surface area contributed by atoms with Crippen LogP contribution in [0.1, 0.15) is 25.2 Å². The van der Waals surface area contributed by atoms with Crippen LogP contribution in [0, 0.1) is 19.3 Å². The van der Waals surface area contributed by atoms with Crippen LogP contribution in [0.3, 0.4) is 0 Å². The van der Waals surface area contributed by atoms with Gasteiger partial charge in [-0.05, 0) is 32.9 Å². The average Bonchev–Trinajstić information content (AvgIpc) is 2.05. The average molecular weight is 159 g/mol. The van der Waals surface area contributed by atoms with Crippen molar-refractivity contribution in [1.82, 2.24) is 4.98 Å². The number of rotatable bonds is 1. The normalized spacial score (nSPS) is 10.8. The van der Waals surface area contributed by atoms with Gasteiger partial charge in [0.1, 0.15) is 0 Å². The molecule has 1 aromatic heterocycles. The Morgan fingerprint density at radius 3 is 2.58 bits per heavy atom. The molecule has 1 rings (SSSR count). The van der Waals surface area contributed by atoms with E-state index in [2.05, 4.69) is 10.9 Å². The molecule has 0 bridgehead atoms. The zero-order valence-electron chi connectivity index (χ0n) is 7.76. The zero-order valence-corrected chi connectivity index (χ0v) is 7.76. The highest BCUT2D eigenvalue weighted by Gasteiger charge is 2.18. The van der Waals surface area contributed by atoms with Gasteiger partial charge < -0.3 is 0 Å². The third kappa shape index (κ3) is 1.65. The molecule has 0 atom stereocenters. The molecule has 0 amide bonds. The summed E-state index contributed by atoms with van der Waals surface area (Å²) in [6.45, 7) is 5.96. The molecule has 1 heteroatoms. The Balaban J connectivity index is 3.14. The van der Waals surface area contributed by atoms with Crippen molar-refractivity contribution >= 4 is 0 Å². The van der Waals surface area contributed by atoms with Crippen molar-refractivity contribution in [2.24, 2.45) is 0 Å². The number of aryl methyl sites for hydroxylation is 1. The second-order valence-corrected chi connectivity index (χ2v) is 3.43. The molecule has 62 valence electrons. The van der Waals surface area contributed by atoms with Crippen molar-refractivity contribution in [2.75, 3.05) is 0 Å². The van der Waals surface area contributed by atoms with Gasteiger partial charge in [-0.2, -0.15) is 0 Å². The molecular formula is C11H13N. The minimum atomic E-state index is -0.258. The summed E-state index contributed by atoms with van der Waals surface area (Å²) in [5, 5.41) is 0. The largest absolute Gasteiger partial charge is 0.257 e. The second-order valence-electron chi connectivity index (χ2n) is 3.43. The van der Waals surface area contributed by atoms with E-state index in [9.17, 15) is 0 Å². The molecule has 0 saturated heterocycles. The maximum atomic E-state index is 5.40. The quantitative estimate of drug-likeness (QED) is 0.573. The van der Waals surface area contributed by atoms with Gasteiger partial charge in [-0.1, -0.05) is 12.0 Å². The van der Waals surface area contributed by atoms with Crippen LogP contribution in [0.2, 0.25) is 0 Å². The highest BCUT2D eigenvalue weighted by Crippen LogP contribution is 2.19. The molecule has 0 radical (unpaired) electrons. The number of hydrogen-bond donors (Lipinski definition) is 0. The summed E-state index contributed by atoms with van der Waals surface area (Å²) < 4.78 is 0. The van der Waals surface area contributed by atoms with Gasteiger partial charge in [0, 0.05) is 5.69 Å². The van der Waals surface area contributed by atoms with E-state index in [1.165, 1.54) is 0 Å². The lowest BCUT2D eigenvalue weighted by atomic mass is 9.90. The van der Waals surface area contributed by atoms with Crippen LogP contribution in [-0.2, 0) is 5.41 Å². The smallest absolute Gasteiger partial charge is 0.0675 e. The summed E-state index contributed by atoms with van der Waals surface area (Å²) in [5.41, 5.74) is 1.72. The Bertz CT molecular complexity index is 318. The van der Waals surface area contributed by atoms with Crippen molar-refractivity contribution < 1.29 is 0 Å². The molecule has 0 fully saturated rings. The number of hydrogen-bond acceptors (Lipinski definition) is 1. The summed E-state index contributed by atoms with van der Waals surface area (Å²) >= 11 is 0. The van der Waals surface area contributed by atoms with Gasteiger partial charge >= 0.3 is 0 Å². The molecule has 1 aromatic rings. The van der Waals surface area contributed by atoms with Crippen LogP contribution in [0.5, 0.6) is 0 Å². The fourth-order valence-electron chi connectivity index (χ4n) is 0.965. The van der Waals surface area contributed by atoms with E-state index in [0.717, 1.165) is 11.4 Å². The molecule has 0 N–H and O–H groups in total. The minimum Gasteiger partial charge on any atom is -0.257 e. The van der Waals surface area contributed by atoms with Crippen LogP contribution >= 0.6 is 0 Å². The van der Waals surface area contributed by atoms with E-state index in [1.54, 1.807) is 0 Å². The van der Waals surface area contributed by atoms with Crippen LogP contribution in [0.15, 0.2) is 18.2 Å². The van der Waals surface area contributed by atoms with Crippen LogP contribution in [-0.4, -0.2) is 4.98 Å². The lowest BCUT2D eigenvalue weighted by Crippen LogP contribution is -2.16. The van der Waals surface area contributed by atoms with Crippen LogP contribution < -0.4 is 0 Å². The van der Waals surface area contributed by atoms with Gasteiger partial charge in [-0.15, -0.1) is 6.42 Å². The number of aromatic nitrogens is 1. The standard InChI is InChI=1S/C11H13N/c1-5-11(3,4)10-8-6-7-9(2)12-10/h1,6-8H,2-4H3. The Labute approximate surface area is 73.8 Å². The van der Waals surface area contributed by atoms with Crippen molar-refractivity contribution in [3.63, 3.8) is 0 Å². The van der Waals surface area contributed by atoms with E-state index in [4.69, 9.17) is 6.42 Å². The Kier molecular flexibility index (Phi) is 2.19. The molecule has 1 nitrogen and oxygen atoms in total. The van der Waals surface area contributed by atoms with E-state index < -0.39 is 0 Å². The summed E-state index contributed by atoms with van der Waals surface area (Å²) in [6, 6.07) is 5.92. The highest BCUT2D eigenvalue weighted by atomic mass is 14.7. The summed E-state index contributed by atoms with van der Waals surface area (Å²) in [5.74, 6) is 2.72. The van der Waals surface area contributed by atoms with Crippen LogP contribution in [0.25, 0.3) is 0 Å². The number of pyridine rings is 1. The van der Waals surface area contributed by atoms with Gasteiger partial charge in [-0.3, -0.25) is 4.98 Å². The van der Waals surface area contributed by atoms with Crippen LogP contribution in [0.4, 0.5) is 0 Å². The minimum absolute atomic E-state index is 0.258. The van der Waals surface area contributed by atoms with Gasteiger partial charge in [-0.25, -0.2) is 0 Å². The molecule has 12 heavy (non-hydrogen) atoms. The van der Waals surface area contributed by atoms with E-state index >= 15 is 0 Å². The van der Waals surface area contributed by atoms with Crippen molar-refractivity contribution in [2.45, 2.75) is 26.2 Å². The number of nitrogens with zero attached hydrogens (tertiary/aromatic N) is 1. The predicted octanol–water partition coefficient (Wildman–Crippen LogP) is 2.30. The van der Waals surface area contributed by atoms with E-state index in [1.807, 2.05) is 39.0 Å². The fraction of sp³-hybridized carbons (Fsp3) is 0.364. The molecule has 0 aliphatic heterocycles. The molecular weight excluding hydrogens is 146 g/mol. The molecule has 1 heterocycles. The van der Waals surface area contributed by atoms with Gasteiger partial charge in [0.05, 0.1) is 11.1 Å². The lowest BCUT2D eigenvalue weighted by Gasteiger charge is -2.16. The molecule has 0 unspecified atom stereocenters. The SMILES string of the molecule is C#CC(C)(C)c1cccc(C)n1. The summed E-state index contributed by atoms with van der Waals surface area (Å²) in [6.07, 6.45) is 5.40. The first kappa shape index (κ1) is 8.80. The Morgan fingerprint density at radius 1 is 1.42 bits per heavy atom. The summed E-state index contributed by atoms with van der Waals surface area (Å²) in [4.78, 5) is 4.37. The molecule has 0 aromatic carbocycles. The monoisotopic (exact) mass is 159 g/mol. The van der Waals surface area contributed by atoms with Crippen molar-refractivity contribution in [1.29, 1.82) is 0 Å². The first-order chi connectivity index (χ1) is 5.56. The maximum Gasteiger partial charge on any atom is 0.0675 e. The Hall–Kier alpha value is -1.29. The van der Waals surface area contributed by atoms with E-state index in [-0.39, 0.29) is 5.41 Å².